The van der Waals surface area contributed by atoms with E-state index in [1.807, 2.05) is 48.5 Å². The normalized spacial score (nSPS) is 12.8. The number of aromatic nitrogens is 3. The largest absolute Gasteiger partial charge is 0.497 e. The molecule has 0 unspecified atom stereocenters. The highest BCUT2D eigenvalue weighted by Crippen LogP contribution is 2.38. The number of methoxy groups -OCH3 is 1. The van der Waals surface area contributed by atoms with Crippen LogP contribution in [0.2, 0.25) is 0 Å². The molecule has 3 heterocycles. The highest BCUT2D eigenvalue weighted by atomic mass is 79.9. The van der Waals surface area contributed by atoms with E-state index in [2.05, 4.69) is 75.8 Å². The Morgan fingerprint density at radius 1 is 0.923 bits per heavy atom. The number of halogens is 2. The molecule has 0 aliphatic carbocycles. The van der Waals surface area contributed by atoms with Gasteiger partial charge in [0.2, 0.25) is 0 Å². The average molecular weight is 665 g/mol. The van der Waals surface area contributed by atoms with E-state index in [-0.39, 0.29) is 0 Å². The Labute approximate surface area is 249 Å². The van der Waals surface area contributed by atoms with Gasteiger partial charge in [-0.05, 0) is 85.5 Å². The van der Waals surface area contributed by atoms with Crippen LogP contribution in [0, 0.1) is 0 Å². The first-order valence-electron chi connectivity index (χ1n) is 12.9. The number of nitrogens with one attached hydrogen (secondary N) is 2. The van der Waals surface area contributed by atoms with Crippen LogP contribution >= 0.6 is 44.1 Å². The summed E-state index contributed by atoms with van der Waals surface area (Å²) in [7, 11) is 1.69. The molecule has 1 aliphatic rings. The summed E-state index contributed by atoms with van der Waals surface area (Å²) in [6, 6.07) is 24.5. The maximum Gasteiger partial charge on any atom is 0.150 e. The van der Waals surface area contributed by atoms with E-state index in [0.717, 1.165) is 80.2 Å². The van der Waals surface area contributed by atoms with E-state index >= 15 is 0 Å². The zero-order valence-electron chi connectivity index (χ0n) is 21.4. The molecule has 39 heavy (non-hydrogen) atoms. The van der Waals surface area contributed by atoms with E-state index in [4.69, 9.17) is 22.1 Å². The van der Waals surface area contributed by atoms with Gasteiger partial charge in [0, 0.05) is 38.0 Å². The first-order chi connectivity index (χ1) is 19.0. The van der Waals surface area contributed by atoms with Gasteiger partial charge in [-0.1, -0.05) is 56.2 Å². The maximum absolute atomic E-state index is 6.08. The molecule has 2 aromatic heterocycles. The van der Waals surface area contributed by atoms with Gasteiger partial charge in [0.05, 0.1) is 13.7 Å². The number of benzene rings is 3. The molecule has 0 saturated heterocycles. The van der Waals surface area contributed by atoms with E-state index in [1.54, 1.807) is 7.11 Å². The number of aryl methyl sites for hydroxylation is 2. The predicted octanol–water partition coefficient (Wildman–Crippen LogP) is 8.07. The van der Waals surface area contributed by atoms with Gasteiger partial charge >= 0.3 is 0 Å². The number of anilines is 2. The van der Waals surface area contributed by atoms with E-state index in [1.165, 1.54) is 5.56 Å². The van der Waals surface area contributed by atoms with Crippen molar-refractivity contribution in [2.45, 2.75) is 32.4 Å². The highest BCUT2D eigenvalue weighted by Gasteiger charge is 2.29. The topological polar surface area (TPSA) is 55.5 Å². The Balaban J connectivity index is 1.48. The van der Waals surface area contributed by atoms with Gasteiger partial charge in [-0.25, -0.2) is 4.52 Å². The van der Waals surface area contributed by atoms with Crippen LogP contribution in [-0.2, 0) is 19.5 Å². The van der Waals surface area contributed by atoms with Crippen LogP contribution in [0.4, 0.5) is 11.4 Å². The SMILES string of the molecule is COc1ccc(-c2c3c4n(c(CNc5ccc(Br)cc5)nn4c2C(=S)Nc2ccc(Br)cc2)CCCC3)cc1. The molecular formula is C30H27Br2N5OS. The minimum atomic E-state index is 0.618. The summed E-state index contributed by atoms with van der Waals surface area (Å²) in [5.74, 6) is 1.82. The van der Waals surface area contributed by atoms with Gasteiger partial charge in [0.1, 0.15) is 22.1 Å². The fourth-order valence-corrected chi connectivity index (χ4v) is 6.02. The van der Waals surface area contributed by atoms with E-state index in [0.29, 0.717) is 11.5 Å². The van der Waals surface area contributed by atoms with Crippen molar-refractivity contribution in [1.29, 1.82) is 0 Å². The van der Waals surface area contributed by atoms with Crippen LogP contribution in [0.5, 0.6) is 5.75 Å². The fraction of sp³-hybridized carbons (Fsp3) is 0.200. The molecule has 0 bridgehead atoms. The molecule has 0 saturated carbocycles. The second-order valence-electron chi connectivity index (χ2n) is 9.51. The van der Waals surface area contributed by atoms with Gasteiger partial charge < -0.3 is 19.9 Å². The van der Waals surface area contributed by atoms with Crippen LogP contribution in [0.15, 0.2) is 81.7 Å². The van der Waals surface area contributed by atoms with Gasteiger partial charge in [0.15, 0.2) is 5.82 Å². The Bertz CT molecular complexity index is 1640. The van der Waals surface area contributed by atoms with Crippen molar-refractivity contribution in [3.8, 4) is 16.9 Å². The van der Waals surface area contributed by atoms with Crippen LogP contribution in [0.1, 0.15) is 29.9 Å². The summed E-state index contributed by atoms with van der Waals surface area (Å²) in [6.45, 7) is 1.54. The standard InChI is InChI=1S/C30H27Br2N5OS/c1-38-24-15-5-19(6-16-24)27-25-4-2-3-17-36-26(18-33-22-11-7-20(31)8-12-22)35-37(30(25)36)28(27)29(39)34-23-13-9-21(32)10-14-23/h5-16,33H,2-4,17-18H2,1H3,(H,34,39). The zero-order chi connectivity index (χ0) is 26.9. The van der Waals surface area contributed by atoms with E-state index in [9.17, 15) is 0 Å². The molecule has 6 nitrogen and oxygen atoms in total. The fourth-order valence-electron chi connectivity index (χ4n) is 5.19. The molecule has 198 valence electrons. The molecule has 5 aromatic rings. The van der Waals surface area contributed by atoms with Crippen molar-refractivity contribution >= 4 is 66.1 Å². The molecule has 0 amide bonds. The first-order valence-corrected chi connectivity index (χ1v) is 14.8. The van der Waals surface area contributed by atoms with Crippen LogP contribution in [0.3, 0.4) is 0 Å². The molecule has 0 fully saturated rings. The zero-order valence-corrected chi connectivity index (χ0v) is 25.4. The minimum Gasteiger partial charge on any atom is -0.497 e. The van der Waals surface area contributed by atoms with Crippen LogP contribution in [0.25, 0.3) is 16.8 Å². The third-order valence-electron chi connectivity index (χ3n) is 7.05. The van der Waals surface area contributed by atoms with Crippen LogP contribution < -0.4 is 15.4 Å². The maximum atomic E-state index is 6.08. The lowest BCUT2D eigenvalue weighted by atomic mass is 9.98. The van der Waals surface area contributed by atoms with Crippen molar-refractivity contribution in [2.24, 2.45) is 0 Å². The summed E-state index contributed by atoms with van der Waals surface area (Å²) >= 11 is 13.1. The van der Waals surface area contributed by atoms with Crippen LogP contribution in [-0.4, -0.2) is 26.3 Å². The molecule has 3 aromatic carbocycles. The molecule has 6 rings (SSSR count). The molecular weight excluding hydrogens is 638 g/mol. The van der Waals surface area contributed by atoms with Gasteiger partial charge in [0.25, 0.3) is 0 Å². The Morgan fingerprint density at radius 3 is 2.26 bits per heavy atom. The second-order valence-corrected chi connectivity index (χ2v) is 11.8. The summed E-state index contributed by atoms with van der Waals surface area (Å²) in [6.07, 6.45) is 3.18. The van der Waals surface area contributed by atoms with Gasteiger partial charge in [-0.15, -0.1) is 0 Å². The summed E-state index contributed by atoms with van der Waals surface area (Å²) < 4.78 is 11.9. The van der Waals surface area contributed by atoms with Gasteiger partial charge in [-0.2, -0.15) is 5.10 Å². The first kappa shape index (κ1) is 26.1. The van der Waals surface area contributed by atoms with Crippen molar-refractivity contribution in [2.75, 3.05) is 17.7 Å². The Morgan fingerprint density at radius 2 is 1.59 bits per heavy atom. The Kier molecular flexibility index (Phi) is 7.47. The third-order valence-corrected chi connectivity index (χ3v) is 8.41. The third kappa shape index (κ3) is 5.23. The van der Waals surface area contributed by atoms with Crippen molar-refractivity contribution in [3.63, 3.8) is 0 Å². The van der Waals surface area contributed by atoms with E-state index < -0.39 is 0 Å². The monoisotopic (exact) mass is 663 g/mol. The highest BCUT2D eigenvalue weighted by molar-refractivity contribution is 9.10. The molecule has 0 radical (unpaired) electrons. The molecule has 0 spiro atoms. The summed E-state index contributed by atoms with van der Waals surface area (Å²) in [5, 5.41) is 12.2. The number of nitrogens with zero attached hydrogens (tertiary/aromatic N) is 3. The number of rotatable bonds is 7. The summed E-state index contributed by atoms with van der Waals surface area (Å²) in [5.41, 5.74) is 7.56. The molecule has 2 N–H and O–H groups in total. The number of hydrogen-bond acceptors (Lipinski definition) is 4. The Hall–Kier alpha value is -3.14. The van der Waals surface area contributed by atoms with Crippen molar-refractivity contribution in [3.05, 3.63) is 98.8 Å². The minimum absolute atomic E-state index is 0.618. The second kappa shape index (κ2) is 11.2. The molecule has 9 heteroatoms. The van der Waals surface area contributed by atoms with Crippen molar-refractivity contribution in [1.82, 2.24) is 14.2 Å². The summed E-state index contributed by atoms with van der Waals surface area (Å²) in [4.78, 5) is 0.641. The number of hydrogen-bond donors (Lipinski definition) is 2. The molecule has 0 atom stereocenters. The number of ether oxygens (including phenoxy) is 1. The number of thiocarbonyl (C=S) groups is 1. The lowest BCUT2D eigenvalue weighted by molar-refractivity contribution is 0.415. The van der Waals surface area contributed by atoms with Crippen molar-refractivity contribution < 1.29 is 4.74 Å². The lowest BCUT2D eigenvalue weighted by Gasteiger charge is -2.12. The van der Waals surface area contributed by atoms with Gasteiger partial charge in [-0.3, -0.25) is 0 Å². The molecule has 1 aliphatic heterocycles. The lowest BCUT2D eigenvalue weighted by Crippen LogP contribution is -2.15. The smallest absolute Gasteiger partial charge is 0.150 e. The predicted molar refractivity (Wildman–Crippen MR) is 169 cm³/mol. The quantitative estimate of drug-likeness (QED) is 0.172. The average Bonchev–Trinajstić information content (AvgIpc) is 3.35.